The lowest BCUT2D eigenvalue weighted by Crippen LogP contribution is -2.10. The molecule has 1 fully saturated rings. The highest BCUT2D eigenvalue weighted by Crippen LogP contribution is 2.27. The molecule has 1 aromatic rings. The van der Waals surface area contributed by atoms with Gasteiger partial charge in [-0.05, 0) is 20.3 Å². The van der Waals surface area contributed by atoms with Crippen LogP contribution in [0.4, 0.5) is 0 Å². The average molecular weight is 256 g/mol. The fourth-order valence-corrected chi connectivity index (χ4v) is 3.84. The van der Waals surface area contributed by atoms with Crippen molar-refractivity contribution in [3.05, 3.63) is 23.3 Å². The van der Waals surface area contributed by atoms with Crippen molar-refractivity contribution in [1.29, 1.82) is 0 Å². The van der Waals surface area contributed by atoms with E-state index in [1.165, 1.54) is 0 Å². The van der Waals surface area contributed by atoms with Crippen LogP contribution in [0.5, 0.6) is 0 Å². The summed E-state index contributed by atoms with van der Waals surface area (Å²) < 4.78 is 22.8. The van der Waals surface area contributed by atoms with Crippen LogP contribution in [0.1, 0.15) is 42.4 Å². The summed E-state index contributed by atoms with van der Waals surface area (Å²) in [7, 11) is -2.91. The Hall–Kier alpha value is -1.01. The summed E-state index contributed by atoms with van der Waals surface area (Å²) in [5, 5.41) is 9.47. The second-order valence-electron chi connectivity index (χ2n) is 4.54. The lowest BCUT2D eigenvalue weighted by Gasteiger charge is -2.11. The average Bonchev–Trinajstić information content (AvgIpc) is 2.58. The van der Waals surface area contributed by atoms with Crippen molar-refractivity contribution in [3.63, 3.8) is 0 Å². The number of aliphatic hydroxyl groups is 1. The highest BCUT2D eigenvalue weighted by atomic mass is 32.2. The second-order valence-corrected chi connectivity index (χ2v) is 6.77. The maximum atomic E-state index is 11.4. The van der Waals surface area contributed by atoms with Crippen LogP contribution in [-0.2, 0) is 9.84 Å². The quantitative estimate of drug-likeness (QED) is 0.844. The van der Waals surface area contributed by atoms with Crippen molar-refractivity contribution in [1.82, 2.24) is 9.97 Å². The van der Waals surface area contributed by atoms with Crippen LogP contribution in [0.15, 0.2) is 6.20 Å². The molecule has 2 unspecified atom stereocenters. The smallest absolute Gasteiger partial charge is 0.151 e. The Balaban J connectivity index is 2.27. The van der Waals surface area contributed by atoms with E-state index >= 15 is 0 Å². The van der Waals surface area contributed by atoms with E-state index in [1.807, 2.05) is 0 Å². The van der Waals surface area contributed by atoms with Crippen LogP contribution in [0.25, 0.3) is 0 Å². The van der Waals surface area contributed by atoms with Gasteiger partial charge in [-0.2, -0.15) is 0 Å². The summed E-state index contributed by atoms with van der Waals surface area (Å²) in [6, 6.07) is 0. The molecule has 0 aliphatic carbocycles. The highest BCUT2D eigenvalue weighted by Gasteiger charge is 2.31. The Kier molecular flexibility index (Phi) is 3.18. The Morgan fingerprint density at radius 3 is 2.71 bits per heavy atom. The lowest BCUT2D eigenvalue weighted by atomic mass is 10.1. The number of hydrogen-bond donors (Lipinski definition) is 1. The standard InChI is InChI=1S/C11H16N2O3S/c1-7-10(8(2)14)5-12-11(13-7)9-3-4-17(15,16)6-9/h5,8-9,14H,3-4,6H2,1-2H3. The van der Waals surface area contributed by atoms with E-state index in [1.54, 1.807) is 20.0 Å². The van der Waals surface area contributed by atoms with Crippen LogP contribution < -0.4 is 0 Å². The van der Waals surface area contributed by atoms with Gasteiger partial charge in [-0.15, -0.1) is 0 Å². The fourth-order valence-electron chi connectivity index (χ4n) is 2.10. The lowest BCUT2D eigenvalue weighted by molar-refractivity contribution is 0.197. The molecule has 1 saturated heterocycles. The molecule has 94 valence electrons. The molecular weight excluding hydrogens is 240 g/mol. The number of nitrogens with zero attached hydrogens (tertiary/aromatic N) is 2. The molecule has 17 heavy (non-hydrogen) atoms. The molecule has 0 aromatic carbocycles. The van der Waals surface area contributed by atoms with Gasteiger partial charge in [-0.3, -0.25) is 0 Å². The van der Waals surface area contributed by atoms with E-state index < -0.39 is 15.9 Å². The molecule has 0 bridgehead atoms. The molecule has 2 atom stereocenters. The second kappa shape index (κ2) is 4.34. The summed E-state index contributed by atoms with van der Waals surface area (Å²) >= 11 is 0. The van der Waals surface area contributed by atoms with Gasteiger partial charge in [0.1, 0.15) is 5.82 Å². The first kappa shape index (κ1) is 12.4. The molecule has 0 saturated carbocycles. The van der Waals surface area contributed by atoms with E-state index in [0.29, 0.717) is 23.5 Å². The molecule has 2 heterocycles. The van der Waals surface area contributed by atoms with Crippen molar-refractivity contribution in [2.75, 3.05) is 11.5 Å². The normalized spacial score (nSPS) is 24.8. The van der Waals surface area contributed by atoms with E-state index in [9.17, 15) is 13.5 Å². The molecule has 1 aromatic heterocycles. The molecule has 0 radical (unpaired) electrons. The topological polar surface area (TPSA) is 80.2 Å². The zero-order valence-electron chi connectivity index (χ0n) is 9.92. The number of aryl methyl sites for hydroxylation is 1. The first-order chi connectivity index (χ1) is 7.89. The van der Waals surface area contributed by atoms with Gasteiger partial charge in [0, 0.05) is 23.4 Å². The van der Waals surface area contributed by atoms with E-state index in [4.69, 9.17) is 0 Å². The minimum Gasteiger partial charge on any atom is -0.389 e. The molecule has 6 heteroatoms. The Labute approximate surface area is 101 Å². The summed E-state index contributed by atoms with van der Waals surface area (Å²) in [4.78, 5) is 8.48. The van der Waals surface area contributed by atoms with Crippen molar-refractivity contribution in [2.45, 2.75) is 32.3 Å². The number of rotatable bonds is 2. The predicted molar refractivity (Wildman–Crippen MR) is 63.4 cm³/mol. The number of aliphatic hydroxyl groups excluding tert-OH is 1. The van der Waals surface area contributed by atoms with Gasteiger partial charge in [0.2, 0.25) is 0 Å². The number of aromatic nitrogens is 2. The molecule has 1 N–H and O–H groups in total. The zero-order valence-corrected chi connectivity index (χ0v) is 10.7. The van der Waals surface area contributed by atoms with Crippen LogP contribution in [0.2, 0.25) is 0 Å². The van der Waals surface area contributed by atoms with Gasteiger partial charge in [0.25, 0.3) is 0 Å². The molecule has 2 rings (SSSR count). The van der Waals surface area contributed by atoms with Crippen molar-refractivity contribution < 1.29 is 13.5 Å². The third-order valence-corrected chi connectivity index (χ3v) is 4.85. The van der Waals surface area contributed by atoms with Gasteiger partial charge in [-0.1, -0.05) is 0 Å². The molecule has 0 amide bonds. The molecule has 1 aliphatic rings. The van der Waals surface area contributed by atoms with Crippen molar-refractivity contribution >= 4 is 9.84 Å². The Morgan fingerprint density at radius 2 is 2.24 bits per heavy atom. The fraction of sp³-hybridized carbons (Fsp3) is 0.636. The predicted octanol–water partition coefficient (Wildman–Crippen LogP) is 0.740. The van der Waals surface area contributed by atoms with Crippen LogP contribution in [0, 0.1) is 6.92 Å². The minimum absolute atomic E-state index is 0.0956. The van der Waals surface area contributed by atoms with Gasteiger partial charge in [0.15, 0.2) is 9.84 Å². The third-order valence-electron chi connectivity index (χ3n) is 3.08. The van der Waals surface area contributed by atoms with E-state index in [-0.39, 0.29) is 17.4 Å². The summed E-state index contributed by atoms with van der Waals surface area (Å²) in [6.45, 7) is 3.46. The summed E-state index contributed by atoms with van der Waals surface area (Å²) in [6.07, 6.45) is 1.58. The van der Waals surface area contributed by atoms with E-state index in [0.717, 1.165) is 0 Å². The zero-order chi connectivity index (χ0) is 12.6. The van der Waals surface area contributed by atoms with E-state index in [2.05, 4.69) is 9.97 Å². The molecule has 5 nitrogen and oxygen atoms in total. The first-order valence-electron chi connectivity index (χ1n) is 5.61. The van der Waals surface area contributed by atoms with Gasteiger partial charge < -0.3 is 5.11 Å². The number of hydrogen-bond acceptors (Lipinski definition) is 5. The monoisotopic (exact) mass is 256 g/mol. The first-order valence-corrected chi connectivity index (χ1v) is 7.43. The Bertz CT molecular complexity index is 526. The maximum Gasteiger partial charge on any atom is 0.151 e. The highest BCUT2D eigenvalue weighted by molar-refractivity contribution is 7.91. The SMILES string of the molecule is Cc1nc(C2CCS(=O)(=O)C2)ncc1C(C)O. The number of sulfone groups is 1. The summed E-state index contributed by atoms with van der Waals surface area (Å²) in [5.41, 5.74) is 1.41. The van der Waals surface area contributed by atoms with Crippen LogP contribution in [0.3, 0.4) is 0 Å². The van der Waals surface area contributed by atoms with Crippen molar-refractivity contribution in [2.24, 2.45) is 0 Å². The molecule has 0 spiro atoms. The van der Waals surface area contributed by atoms with Crippen LogP contribution in [-0.4, -0.2) is 35.0 Å². The largest absolute Gasteiger partial charge is 0.389 e. The van der Waals surface area contributed by atoms with Gasteiger partial charge >= 0.3 is 0 Å². The minimum atomic E-state index is -2.91. The third kappa shape index (κ3) is 2.63. The molecular formula is C11H16N2O3S. The summed E-state index contributed by atoms with van der Waals surface area (Å²) in [5.74, 6) is 0.841. The van der Waals surface area contributed by atoms with Gasteiger partial charge in [0.05, 0.1) is 17.6 Å². The maximum absolute atomic E-state index is 11.4. The van der Waals surface area contributed by atoms with Crippen molar-refractivity contribution in [3.8, 4) is 0 Å². The molecule has 1 aliphatic heterocycles. The van der Waals surface area contributed by atoms with Crippen LogP contribution >= 0.6 is 0 Å². The Morgan fingerprint density at radius 1 is 1.53 bits per heavy atom. The van der Waals surface area contributed by atoms with Gasteiger partial charge in [-0.25, -0.2) is 18.4 Å².